The Balaban J connectivity index is 2.33. The van der Waals surface area contributed by atoms with Crippen molar-refractivity contribution < 1.29 is 13.2 Å². The second-order valence-corrected chi connectivity index (χ2v) is 6.59. The van der Waals surface area contributed by atoms with Gasteiger partial charge >= 0.3 is 0 Å². The monoisotopic (exact) mass is 284 g/mol. The number of nitrogens with zero attached hydrogens (tertiary/aromatic N) is 1. The van der Waals surface area contributed by atoms with Crippen LogP contribution < -0.4 is 5.32 Å². The minimum Gasteiger partial charge on any atom is -0.376 e. The Labute approximate surface area is 114 Å². The quantitative estimate of drug-likeness (QED) is 0.889. The summed E-state index contributed by atoms with van der Waals surface area (Å²) in [6.07, 6.45) is -0.0556. The van der Waals surface area contributed by atoms with Crippen molar-refractivity contribution in [1.82, 2.24) is 9.62 Å². The Bertz CT molecular complexity index is 530. The first-order valence-corrected chi connectivity index (χ1v) is 7.84. The zero-order valence-corrected chi connectivity index (χ0v) is 12.1. The lowest BCUT2D eigenvalue weighted by atomic mass is 10.2. The molecule has 1 aromatic carbocycles. The number of ether oxygens (including phenoxy) is 1. The third-order valence-corrected chi connectivity index (χ3v) is 5.13. The standard InChI is InChI=1S/C13H20N2O3S/c1-11-10-15(7-8-18-11)19(16,17)13-6-4-3-5-12(13)9-14-2/h3-6,11,14H,7-10H2,1-2H3. The van der Waals surface area contributed by atoms with E-state index in [0.717, 1.165) is 5.56 Å². The Hall–Kier alpha value is -0.950. The number of hydrogen-bond acceptors (Lipinski definition) is 4. The lowest BCUT2D eigenvalue weighted by Crippen LogP contribution is -2.44. The van der Waals surface area contributed by atoms with Gasteiger partial charge < -0.3 is 10.1 Å². The van der Waals surface area contributed by atoms with Crippen molar-refractivity contribution in [2.75, 3.05) is 26.7 Å². The first-order valence-electron chi connectivity index (χ1n) is 6.40. The second-order valence-electron chi connectivity index (χ2n) is 4.68. The third kappa shape index (κ3) is 3.14. The minimum absolute atomic E-state index is 0.0556. The molecule has 106 valence electrons. The van der Waals surface area contributed by atoms with Gasteiger partial charge in [0.25, 0.3) is 0 Å². The van der Waals surface area contributed by atoms with Crippen molar-refractivity contribution in [3.63, 3.8) is 0 Å². The number of benzene rings is 1. The van der Waals surface area contributed by atoms with E-state index in [1.807, 2.05) is 19.1 Å². The van der Waals surface area contributed by atoms with Crippen LogP contribution in [0.25, 0.3) is 0 Å². The summed E-state index contributed by atoms with van der Waals surface area (Å²) in [5.74, 6) is 0. The average Bonchev–Trinajstić information content (AvgIpc) is 2.39. The fraction of sp³-hybridized carbons (Fsp3) is 0.538. The molecule has 1 aliphatic heterocycles. The van der Waals surface area contributed by atoms with Crippen molar-refractivity contribution in [1.29, 1.82) is 0 Å². The molecule has 1 saturated heterocycles. The second kappa shape index (κ2) is 6.00. The molecular formula is C13H20N2O3S. The topological polar surface area (TPSA) is 58.6 Å². The molecule has 0 radical (unpaired) electrons. The van der Waals surface area contributed by atoms with Crippen molar-refractivity contribution >= 4 is 10.0 Å². The number of nitrogens with one attached hydrogen (secondary N) is 1. The SMILES string of the molecule is CNCc1ccccc1S(=O)(=O)N1CCOC(C)C1. The summed E-state index contributed by atoms with van der Waals surface area (Å²) in [4.78, 5) is 0.387. The summed E-state index contributed by atoms with van der Waals surface area (Å²) in [5.41, 5.74) is 0.796. The number of sulfonamides is 1. The van der Waals surface area contributed by atoms with Gasteiger partial charge in [0.05, 0.1) is 17.6 Å². The molecule has 0 amide bonds. The van der Waals surface area contributed by atoms with Crippen LogP contribution in [-0.2, 0) is 21.3 Å². The summed E-state index contributed by atoms with van der Waals surface area (Å²) in [6, 6.07) is 7.12. The van der Waals surface area contributed by atoms with Gasteiger partial charge in [-0.2, -0.15) is 4.31 Å². The van der Waals surface area contributed by atoms with E-state index in [4.69, 9.17) is 4.74 Å². The highest BCUT2D eigenvalue weighted by Gasteiger charge is 2.30. The van der Waals surface area contributed by atoms with E-state index in [0.29, 0.717) is 31.1 Å². The molecule has 1 aromatic rings. The molecule has 0 aliphatic carbocycles. The average molecular weight is 284 g/mol. The molecule has 19 heavy (non-hydrogen) atoms. The van der Waals surface area contributed by atoms with Crippen LogP contribution in [-0.4, -0.2) is 45.6 Å². The molecule has 2 rings (SSSR count). The predicted octanol–water partition coefficient (Wildman–Crippen LogP) is 0.815. The van der Waals surface area contributed by atoms with Crippen LogP contribution in [0.4, 0.5) is 0 Å². The van der Waals surface area contributed by atoms with E-state index < -0.39 is 10.0 Å². The highest BCUT2D eigenvalue weighted by atomic mass is 32.2. The maximum atomic E-state index is 12.7. The summed E-state index contributed by atoms with van der Waals surface area (Å²) in [7, 11) is -1.63. The summed E-state index contributed by atoms with van der Waals surface area (Å²) in [6.45, 7) is 3.71. The van der Waals surface area contributed by atoms with E-state index in [2.05, 4.69) is 5.32 Å². The van der Waals surface area contributed by atoms with Gasteiger partial charge in [-0.25, -0.2) is 8.42 Å². The van der Waals surface area contributed by atoms with Gasteiger partial charge in [-0.1, -0.05) is 18.2 Å². The van der Waals surface area contributed by atoms with Gasteiger partial charge in [-0.15, -0.1) is 0 Å². The molecule has 0 aromatic heterocycles. The molecule has 5 nitrogen and oxygen atoms in total. The van der Waals surface area contributed by atoms with Gasteiger partial charge in [-0.3, -0.25) is 0 Å². The van der Waals surface area contributed by atoms with Crippen molar-refractivity contribution in [3.8, 4) is 0 Å². The van der Waals surface area contributed by atoms with Crippen LogP contribution in [0, 0.1) is 0 Å². The Kier molecular flexibility index (Phi) is 4.57. The molecule has 6 heteroatoms. The number of rotatable bonds is 4. The van der Waals surface area contributed by atoms with Crippen molar-refractivity contribution in [2.45, 2.75) is 24.5 Å². The van der Waals surface area contributed by atoms with E-state index in [1.54, 1.807) is 19.2 Å². The molecule has 1 unspecified atom stereocenters. The largest absolute Gasteiger partial charge is 0.376 e. The smallest absolute Gasteiger partial charge is 0.243 e. The Morgan fingerprint density at radius 2 is 2.16 bits per heavy atom. The van der Waals surface area contributed by atoms with Gasteiger partial charge in [0.2, 0.25) is 10.0 Å². The summed E-state index contributed by atoms with van der Waals surface area (Å²) < 4.78 is 32.2. The molecule has 1 fully saturated rings. The molecule has 1 aliphatic rings. The zero-order chi connectivity index (χ0) is 13.9. The fourth-order valence-corrected chi connectivity index (χ4v) is 3.96. The molecule has 1 atom stereocenters. The molecule has 0 spiro atoms. The Morgan fingerprint density at radius 1 is 1.42 bits per heavy atom. The number of hydrogen-bond donors (Lipinski definition) is 1. The molecule has 1 N–H and O–H groups in total. The first-order chi connectivity index (χ1) is 9.05. The van der Waals surface area contributed by atoms with Gasteiger partial charge in [-0.05, 0) is 25.6 Å². The summed E-state index contributed by atoms with van der Waals surface area (Å²) >= 11 is 0. The summed E-state index contributed by atoms with van der Waals surface area (Å²) in [5, 5.41) is 3.00. The minimum atomic E-state index is -3.43. The van der Waals surface area contributed by atoms with Crippen LogP contribution >= 0.6 is 0 Å². The van der Waals surface area contributed by atoms with Crippen molar-refractivity contribution in [3.05, 3.63) is 29.8 Å². The molecule has 1 heterocycles. The van der Waals surface area contributed by atoms with Crippen molar-refractivity contribution in [2.24, 2.45) is 0 Å². The molecule has 0 saturated carbocycles. The first kappa shape index (κ1) is 14.5. The highest BCUT2D eigenvalue weighted by molar-refractivity contribution is 7.89. The zero-order valence-electron chi connectivity index (χ0n) is 11.3. The van der Waals surface area contributed by atoms with E-state index in [1.165, 1.54) is 4.31 Å². The molecule has 0 bridgehead atoms. The van der Waals surface area contributed by atoms with Crippen LogP contribution in [0.2, 0.25) is 0 Å². The Morgan fingerprint density at radius 3 is 2.84 bits per heavy atom. The third-order valence-electron chi connectivity index (χ3n) is 3.16. The predicted molar refractivity (Wildman–Crippen MR) is 73.4 cm³/mol. The van der Waals surface area contributed by atoms with Gasteiger partial charge in [0, 0.05) is 19.6 Å². The van der Waals surface area contributed by atoms with Crippen LogP contribution in [0.3, 0.4) is 0 Å². The van der Waals surface area contributed by atoms with E-state index >= 15 is 0 Å². The van der Waals surface area contributed by atoms with Crippen LogP contribution in [0.5, 0.6) is 0 Å². The molecular weight excluding hydrogens is 264 g/mol. The van der Waals surface area contributed by atoms with Gasteiger partial charge in [0.1, 0.15) is 0 Å². The van der Waals surface area contributed by atoms with Crippen LogP contribution in [0.15, 0.2) is 29.2 Å². The maximum Gasteiger partial charge on any atom is 0.243 e. The number of morpholine rings is 1. The van der Waals surface area contributed by atoms with Gasteiger partial charge in [0.15, 0.2) is 0 Å². The highest BCUT2D eigenvalue weighted by Crippen LogP contribution is 2.22. The van der Waals surface area contributed by atoms with E-state index in [9.17, 15) is 8.42 Å². The fourth-order valence-electron chi connectivity index (χ4n) is 2.24. The maximum absolute atomic E-state index is 12.7. The lowest BCUT2D eigenvalue weighted by molar-refractivity contribution is 0.0101. The normalized spacial score (nSPS) is 21.5. The van der Waals surface area contributed by atoms with Crippen LogP contribution in [0.1, 0.15) is 12.5 Å². The van der Waals surface area contributed by atoms with E-state index in [-0.39, 0.29) is 6.10 Å². The lowest BCUT2D eigenvalue weighted by Gasteiger charge is -2.30.